The van der Waals surface area contributed by atoms with Crippen LogP contribution in [0.4, 0.5) is 0 Å². The van der Waals surface area contributed by atoms with Crippen molar-refractivity contribution in [3.05, 3.63) is 18.0 Å². The fourth-order valence-electron chi connectivity index (χ4n) is 1.92. The minimum atomic E-state index is 0.186. The maximum absolute atomic E-state index is 12.0. The molecule has 0 radical (unpaired) electrons. The average Bonchev–Trinajstić information content (AvgIpc) is 2.82. The first-order valence-corrected chi connectivity index (χ1v) is 5.81. The van der Waals surface area contributed by atoms with Crippen LogP contribution in [0.2, 0.25) is 0 Å². The van der Waals surface area contributed by atoms with Crippen LogP contribution < -0.4 is 5.32 Å². The first-order valence-electron chi connectivity index (χ1n) is 5.81. The maximum Gasteiger partial charge on any atom is 0.236 e. The lowest BCUT2D eigenvalue weighted by Crippen LogP contribution is -2.49. The van der Waals surface area contributed by atoms with Crippen LogP contribution in [0.1, 0.15) is 5.56 Å². The summed E-state index contributed by atoms with van der Waals surface area (Å²) in [5.41, 5.74) is 0.987. The highest BCUT2D eigenvalue weighted by Crippen LogP contribution is 2.02. The van der Waals surface area contributed by atoms with Gasteiger partial charge in [0.25, 0.3) is 0 Å². The third-order valence-corrected chi connectivity index (χ3v) is 2.81. The highest BCUT2D eigenvalue weighted by Gasteiger charge is 2.17. The Morgan fingerprint density at radius 2 is 2.35 bits per heavy atom. The summed E-state index contributed by atoms with van der Waals surface area (Å²) < 4.78 is 4.76. The topological polar surface area (TPSA) is 61.6 Å². The Kier molecular flexibility index (Phi) is 4.11. The van der Waals surface area contributed by atoms with Gasteiger partial charge in [-0.1, -0.05) is 5.16 Å². The van der Waals surface area contributed by atoms with Gasteiger partial charge in [-0.2, -0.15) is 0 Å². The van der Waals surface area contributed by atoms with E-state index in [0.29, 0.717) is 13.1 Å². The number of amides is 1. The van der Waals surface area contributed by atoms with Gasteiger partial charge in [0.2, 0.25) is 5.91 Å². The van der Waals surface area contributed by atoms with Crippen molar-refractivity contribution in [2.24, 2.45) is 0 Å². The van der Waals surface area contributed by atoms with Gasteiger partial charge in [0, 0.05) is 38.3 Å². The molecule has 0 aromatic carbocycles. The molecular formula is C11H18N4O2. The number of likely N-dealkylation sites (N-methyl/N-ethyl adjacent to an activating group) is 1. The summed E-state index contributed by atoms with van der Waals surface area (Å²) in [5, 5.41) is 6.87. The van der Waals surface area contributed by atoms with E-state index < -0.39 is 0 Å². The zero-order valence-electron chi connectivity index (χ0n) is 10.1. The van der Waals surface area contributed by atoms with E-state index in [1.165, 1.54) is 0 Å². The molecule has 1 aliphatic heterocycles. The largest absolute Gasteiger partial charge is 0.364 e. The Balaban J connectivity index is 1.77. The number of nitrogens with zero attached hydrogens (tertiary/aromatic N) is 3. The molecule has 94 valence electrons. The second kappa shape index (κ2) is 5.79. The maximum atomic E-state index is 12.0. The van der Waals surface area contributed by atoms with Crippen LogP contribution in [0.15, 0.2) is 17.0 Å². The Hall–Kier alpha value is -1.40. The summed E-state index contributed by atoms with van der Waals surface area (Å²) in [6, 6.07) is 0. The van der Waals surface area contributed by atoms with E-state index in [9.17, 15) is 4.79 Å². The highest BCUT2D eigenvalue weighted by molar-refractivity contribution is 5.78. The van der Waals surface area contributed by atoms with Crippen molar-refractivity contribution in [3.63, 3.8) is 0 Å². The van der Waals surface area contributed by atoms with Gasteiger partial charge in [-0.25, -0.2) is 0 Å². The first kappa shape index (κ1) is 12.1. The molecular weight excluding hydrogens is 220 g/mol. The van der Waals surface area contributed by atoms with Crippen molar-refractivity contribution in [3.8, 4) is 0 Å². The lowest BCUT2D eigenvalue weighted by molar-refractivity contribution is -0.132. The van der Waals surface area contributed by atoms with Gasteiger partial charge in [-0.15, -0.1) is 0 Å². The van der Waals surface area contributed by atoms with E-state index in [-0.39, 0.29) is 5.91 Å². The molecule has 1 amide bonds. The molecule has 1 aromatic rings. The lowest BCUT2D eigenvalue weighted by atomic mass is 10.3. The third kappa shape index (κ3) is 3.54. The zero-order valence-corrected chi connectivity index (χ0v) is 10.1. The molecule has 1 aromatic heterocycles. The van der Waals surface area contributed by atoms with Crippen LogP contribution >= 0.6 is 0 Å². The van der Waals surface area contributed by atoms with Gasteiger partial charge in [0.15, 0.2) is 0 Å². The summed E-state index contributed by atoms with van der Waals surface area (Å²) in [4.78, 5) is 15.8. The minimum absolute atomic E-state index is 0.186. The fourth-order valence-corrected chi connectivity index (χ4v) is 1.92. The molecule has 0 saturated carbocycles. The summed E-state index contributed by atoms with van der Waals surface area (Å²) in [7, 11) is 1.92. The number of piperazine rings is 1. The third-order valence-electron chi connectivity index (χ3n) is 2.81. The summed E-state index contributed by atoms with van der Waals surface area (Å²) >= 11 is 0. The van der Waals surface area contributed by atoms with Gasteiger partial charge in [-0.05, 0) is 7.05 Å². The van der Waals surface area contributed by atoms with Crippen LogP contribution in [0.3, 0.4) is 0 Å². The van der Waals surface area contributed by atoms with Gasteiger partial charge in [0.1, 0.15) is 6.26 Å². The number of rotatable bonds is 4. The molecule has 1 N–H and O–H groups in total. The molecule has 0 aliphatic carbocycles. The number of hydrogen-bond acceptors (Lipinski definition) is 5. The Labute approximate surface area is 101 Å². The fraction of sp³-hybridized carbons (Fsp3) is 0.636. The van der Waals surface area contributed by atoms with Crippen molar-refractivity contribution in [1.29, 1.82) is 0 Å². The molecule has 1 fully saturated rings. The van der Waals surface area contributed by atoms with Crippen molar-refractivity contribution >= 4 is 5.91 Å². The summed E-state index contributed by atoms with van der Waals surface area (Å²) in [5.74, 6) is 0.186. The molecule has 1 saturated heterocycles. The van der Waals surface area contributed by atoms with Crippen molar-refractivity contribution < 1.29 is 9.32 Å². The molecule has 1 aliphatic rings. The summed E-state index contributed by atoms with van der Waals surface area (Å²) in [6.07, 6.45) is 3.28. The SMILES string of the molecule is CN(CC(=O)N1CCNCC1)Cc1cnoc1. The van der Waals surface area contributed by atoms with Gasteiger partial charge in [0.05, 0.1) is 12.7 Å². The van der Waals surface area contributed by atoms with Gasteiger partial charge in [-0.3, -0.25) is 9.69 Å². The van der Waals surface area contributed by atoms with Gasteiger partial charge < -0.3 is 14.7 Å². The van der Waals surface area contributed by atoms with E-state index >= 15 is 0 Å². The lowest BCUT2D eigenvalue weighted by Gasteiger charge is -2.29. The van der Waals surface area contributed by atoms with Crippen LogP contribution in [0.5, 0.6) is 0 Å². The Morgan fingerprint density at radius 1 is 1.59 bits per heavy atom. The van der Waals surface area contributed by atoms with E-state index in [2.05, 4.69) is 10.5 Å². The number of aromatic nitrogens is 1. The number of hydrogen-bond donors (Lipinski definition) is 1. The Morgan fingerprint density at radius 3 is 3.00 bits per heavy atom. The molecule has 0 spiro atoms. The molecule has 0 unspecified atom stereocenters. The number of carbonyl (C=O) groups excluding carboxylic acids is 1. The average molecular weight is 238 g/mol. The normalized spacial score (nSPS) is 16.5. The van der Waals surface area contributed by atoms with Crippen LogP contribution in [0, 0.1) is 0 Å². The van der Waals surface area contributed by atoms with Crippen molar-refractivity contribution in [2.45, 2.75) is 6.54 Å². The summed E-state index contributed by atoms with van der Waals surface area (Å²) in [6.45, 7) is 4.51. The molecule has 2 heterocycles. The predicted octanol–water partition coefficient (Wildman–Crippen LogP) is -0.462. The number of nitrogens with one attached hydrogen (secondary N) is 1. The molecule has 6 heteroatoms. The molecule has 2 rings (SSSR count). The zero-order chi connectivity index (χ0) is 12.1. The predicted molar refractivity (Wildman–Crippen MR) is 62.3 cm³/mol. The van der Waals surface area contributed by atoms with Crippen LogP contribution in [-0.4, -0.2) is 60.6 Å². The minimum Gasteiger partial charge on any atom is -0.364 e. The van der Waals surface area contributed by atoms with Crippen molar-refractivity contribution in [2.75, 3.05) is 39.8 Å². The van der Waals surface area contributed by atoms with Gasteiger partial charge >= 0.3 is 0 Å². The van der Waals surface area contributed by atoms with Crippen molar-refractivity contribution in [1.82, 2.24) is 20.3 Å². The molecule has 17 heavy (non-hydrogen) atoms. The van der Waals surface area contributed by atoms with E-state index in [4.69, 9.17) is 4.52 Å². The molecule has 6 nitrogen and oxygen atoms in total. The number of carbonyl (C=O) groups is 1. The monoisotopic (exact) mass is 238 g/mol. The standard InChI is InChI=1S/C11H18N4O2/c1-14(7-10-6-13-17-9-10)8-11(16)15-4-2-12-3-5-15/h6,9,12H,2-5,7-8H2,1H3. The van der Waals surface area contributed by atoms with E-state index in [1.807, 2.05) is 16.8 Å². The van der Waals surface area contributed by atoms with E-state index in [1.54, 1.807) is 12.5 Å². The Bertz CT molecular complexity index is 346. The van der Waals surface area contributed by atoms with Crippen LogP contribution in [-0.2, 0) is 11.3 Å². The second-order valence-electron chi connectivity index (χ2n) is 4.34. The van der Waals surface area contributed by atoms with E-state index in [0.717, 1.165) is 31.7 Å². The van der Waals surface area contributed by atoms with Crippen LogP contribution in [0.25, 0.3) is 0 Å². The second-order valence-corrected chi connectivity index (χ2v) is 4.34. The molecule has 0 bridgehead atoms. The first-order chi connectivity index (χ1) is 8.25. The quantitative estimate of drug-likeness (QED) is 0.769. The highest BCUT2D eigenvalue weighted by atomic mass is 16.5. The molecule has 0 atom stereocenters. The smallest absolute Gasteiger partial charge is 0.236 e.